The van der Waals surface area contributed by atoms with Crippen LogP contribution in [0.15, 0.2) is 0 Å². The van der Waals surface area contributed by atoms with E-state index in [1.165, 1.54) is 0 Å². The molecule has 5 heteroatoms. The van der Waals surface area contributed by atoms with Gasteiger partial charge in [-0.3, -0.25) is 7.32 Å². The molecule has 0 bridgehead atoms. The van der Waals surface area contributed by atoms with Crippen LogP contribution < -0.4 is 15.1 Å². The van der Waals surface area contributed by atoms with E-state index in [0.717, 1.165) is 0 Å². The van der Waals surface area contributed by atoms with Gasteiger partial charge < -0.3 is 15.1 Å². The standard InChI is InChI=1S/BO3.Tl/c2-1(3)4;/q-3;+3. The Hall–Kier alpha value is 0.867. The Kier molecular flexibility index (Phi) is 9.05. The smallest absolute Gasteiger partial charge is 0.907 e. The average Bonchev–Trinajstić information content (AvgIpc) is 0.811. The predicted molar refractivity (Wildman–Crippen MR) is 11.5 cm³/mol. The first-order valence-electron chi connectivity index (χ1n) is 0.707. The molecule has 24 valence electrons. The summed E-state index contributed by atoms with van der Waals surface area (Å²) in [7, 11) is -2.92. The Morgan fingerprint density at radius 1 is 1.00 bits per heavy atom. The van der Waals surface area contributed by atoms with Gasteiger partial charge in [-0.25, -0.2) is 0 Å². The summed E-state index contributed by atoms with van der Waals surface area (Å²) in [6, 6.07) is 0. The van der Waals surface area contributed by atoms with Crippen molar-refractivity contribution >= 4 is 34.6 Å². The quantitative estimate of drug-likeness (QED) is 0.415. The largest absolute Gasteiger partial charge is 3.00 e. The van der Waals surface area contributed by atoms with E-state index in [2.05, 4.69) is 0 Å². The molecule has 0 aromatic heterocycles. The summed E-state index contributed by atoms with van der Waals surface area (Å²) in [6.45, 7) is 0. The van der Waals surface area contributed by atoms with Gasteiger partial charge in [-0.2, -0.15) is 0 Å². The van der Waals surface area contributed by atoms with E-state index in [-0.39, 0.29) is 27.3 Å². The van der Waals surface area contributed by atoms with Crippen LogP contribution in [-0.2, 0) is 0 Å². The van der Waals surface area contributed by atoms with Gasteiger partial charge in [-0.15, -0.1) is 0 Å². The van der Waals surface area contributed by atoms with E-state index in [9.17, 15) is 0 Å². The fourth-order valence-corrected chi connectivity index (χ4v) is 0. The molecule has 0 aliphatic heterocycles. The van der Waals surface area contributed by atoms with E-state index in [4.69, 9.17) is 15.1 Å². The first kappa shape index (κ1) is 9.29. The topological polar surface area (TPSA) is 69.2 Å². The van der Waals surface area contributed by atoms with E-state index in [0.29, 0.717) is 0 Å². The maximum Gasteiger partial charge on any atom is 3.00 e. The summed E-state index contributed by atoms with van der Waals surface area (Å²) in [4.78, 5) is 0. The molecule has 0 saturated heterocycles. The molecule has 0 aliphatic rings. The van der Waals surface area contributed by atoms with Crippen molar-refractivity contribution < 1.29 is 15.1 Å². The maximum atomic E-state index is 8.42. The molecule has 0 amide bonds. The molecule has 0 radical (unpaired) electrons. The van der Waals surface area contributed by atoms with Crippen LogP contribution in [0.3, 0.4) is 0 Å². The number of hydrogen-bond acceptors (Lipinski definition) is 3. The van der Waals surface area contributed by atoms with Gasteiger partial charge in [0.25, 0.3) is 0 Å². The predicted octanol–water partition coefficient (Wildman–Crippen LogP) is -4.33. The first-order chi connectivity index (χ1) is 1.73. The zero-order chi connectivity index (χ0) is 3.58. The zero-order valence-corrected chi connectivity index (χ0v) is 6.87. The SMILES string of the molecule is [O-]B([O-])[O-].[Tl+3]. The zero-order valence-electron chi connectivity index (χ0n) is 2.38. The number of rotatable bonds is 0. The molecule has 0 rings (SSSR count). The average molecular weight is 263 g/mol. The molecular formula is BO3Tl. The molecule has 0 heterocycles. The summed E-state index contributed by atoms with van der Waals surface area (Å²) in [5.74, 6) is 0. The maximum absolute atomic E-state index is 8.42. The van der Waals surface area contributed by atoms with Crippen molar-refractivity contribution in [2.45, 2.75) is 0 Å². The molecule has 0 atom stereocenters. The van der Waals surface area contributed by atoms with Crippen LogP contribution in [0.4, 0.5) is 0 Å². The molecule has 0 saturated carbocycles. The van der Waals surface area contributed by atoms with Crippen molar-refractivity contribution in [2.24, 2.45) is 0 Å². The van der Waals surface area contributed by atoms with E-state index in [1.807, 2.05) is 0 Å². The Labute approximate surface area is 50.0 Å². The number of hydrogen-bond donors (Lipinski definition) is 0. The van der Waals surface area contributed by atoms with Crippen LogP contribution in [-0.4, -0.2) is 34.6 Å². The summed E-state index contributed by atoms with van der Waals surface area (Å²) in [5, 5.41) is 25.2. The van der Waals surface area contributed by atoms with Gasteiger partial charge in [0.05, 0.1) is 0 Å². The summed E-state index contributed by atoms with van der Waals surface area (Å²) in [6.07, 6.45) is 0. The first-order valence-corrected chi connectivity index (χ1v) is 0.707. The Morgan fingerprint density at radius 2 is 1.00 bits per heavy atom. The third kappa shape index (κ3) is 53.2. The molecule has 0 N–H and O–H groups in total. The third-order valence-corrected chi connectivity index (χ3v) is 0. The van der Waals surface area contributed by atoms with Crippen molar-refractivity contribution in [3.8, 4) is 0 Å². The molecule has 0 aromatic rings. The molecule has 0 aliphatic carbocycles. The van der Waals surface area contributed by atoms with Crippen LogP contribution in [0.25, 0.3) is 0 Å². The molecule has 0 unspecified atom stereocenters. The van der Waals surface area contributed by atoms with Crippen LogP contribution in [0, 0.1) is 0 Å². The summed E-state index contributed by atoms with van der Waals surface area (Å²) < 4.78 is 0. The minimum absolute atomic E-state index is 0. The molecule has 5 heavy (non-hydrogen) atoms. The second kappa shape index (κ2) is 4.87. The fourth-order valence-electron chi connectivity index (χ4n) is 0. The minimum Gasteiger partial charge on any atom is -0.907 e. The van der Waals surface area contributed by atoms with Crippen molar-refractivity contribution in [3.05, 3.63) is 0 Å². The van der Waals surface area contributed by atoms with E-state index < -0.39 is 7.32 Å². The summed E-state index contributed by atoms with van der Waals surface area (Å²) >= 11 is 0. The Bertz CT molecular complexity index is 11.6. The van der Waals surface area contributed by atoms with Gasteiger partial charge in [0, 0.05) is 0 Å². The monoisotopic (exact) mass is 264 g/mol. The third-order valence-electron chi connectivity index (χ3n) is 0. The Morgan fingerprint density at radius 3 is 1.00 bits per heavy atom. The van der Waals surface area contributed by atoms with E-state index in [1.54, 1.807) is 0 Å². The van der Waals surface area contributed by atoms with Crippen LogP contribution in [0.2, 0.25) is 0 Å². The van der Waals surface area contributed by atoms with Gasteiger partial charge in [-0.05, 0) is 0 Å². The molecule has 3 nitrogen and oxygen atoms in total. The Balaban J connectivity index is 0. The van der Waals surface area contributed by atoms with Gasteiger partial charge in [-0.1, -0.05) is 0 Å². The van der Waals surface area contributed by atoms with Gasteiger partial charge >= 0.3 is 27.3 Å². The van der Waals surface area contributed by atoms with Crippen molar-refractivity contribution in [3.63, 3.8) is 0 Å². The molecule has 0 fully saturated rings. The molecule has 0 aromatic carbocycles. The van der Waals surface area contributed by atoms with Gasteiger partial charge in [0.15, 0.2) is 0 Å². The van der Waals surface area contributed by atoms with Crippen LogP contribution in [0.5, 0.6) is 0 Å². The van der Waals surface area contributed by atoms with Crippen LogP contribution >= 0.6 is 0 Å². The second-order valence-electron chi connectivity index (χ2n) is 0.289. The van der Waals surface area contributed by atoms with Crippen molar-refractivity contribution in [2.75, 3.05) is 0 Å². The van der Waals surface area contributed by atoms with Gasteiger partial charge in [0.1, 0.15) is 0 Å². The van der Waals surface area contributed by atoms with Crippen molar-refractivity contribution in [1.29, 1.82) is 0 Å². The second-order valence-corrected chi connectivity index (χ2v) is 0.289. The van der Waals surface area contributed by atoms with Crippen LogP contribution in [0.1, 0.15) is 0 Å². The summed E-state index contributed by atoms with van der Waals surface area (Å²) in [5.41, 5.74) is 0. The van der Waals surface area contributed by atoms with E-state index >= 15 is 0 Å². The van der Waals surface area contributed by atoms with Crippen molar-refractivity contribution in [1.82, 2.24) is 0 Å². The molecular weight excluding hydrogens is 263 g/mol. The van der Waals surface area contributed by atoms with Gasteiger partial charge in [0.2, 0.25) is 0 Å². The normalized spacial score (nSPS) is 5.40. The fraction of sp³-hybridized carbons (Fsp3) is 0. The molecule has 0 spiro atoms. The minimum atomic E-state index is -2.92.